The molecule has 0 unspecified atom stereocenters. The van der Waals surface area contributed by atoms with Crippen molar-refractivity contribution in [2.75, 3.05) is 5.32 Å². The molecule has 0 saturated carbocycles. The molecule has 1 amide bonds. The lowest BCUT2D eigenvalue weighted by Gasteiger charge is -2.12. The standard InChI is InChI=1S/C23H15F2N3O4S/c24-13-7-8-17(16(25)10-13)26-19(29)12-27-20-15-5-1-2-6-18(15)33-21(20)22(30)28(23(27)31)11-14-4-3-9-32-14/h1-10H,11-12H2,(H,26,29). The van der Waals surface area contributed by atoms with E-state index in [0.29, 0.717) is 27.4 Å². The zero-order chi connectivity index (χ0) is 23.1. The van der Waals surface area contributed by atoms with E-state index in [-0.39, 0.29) is 12.2 Å². The van der Waals surface area contributed by atoms with Gasteiger partial charge in [0.05, 0.1) is 24.0 Å². The van der Waals surface area contributed by atoms with Crippen molar-refractivity contribution in [2.24, 2.45) is 0 Å². The van der Waals surface area contributed by atoms with Gasteiger partial charge in [0.15, 0.2) is 0 Å². The molecule has 3 heterocycles. The Bertz CT molecular complexity index is 1630. The van der Waals surface area contributed by atoms with E-state index in [1.165, 1.54) is 22.2 Å². The predicted octanol–water partition coefficient (Wildman–Crippen LogP) is 3.94. The predicted molar refractivity (Wildman–Crippen MR) is 121 cm³/mol. The fourth-order valence-corrected chi connectivity index (χ4v) is 4.82. The average molecular weight is 467 g/mol. The van der Waals surface area contributed by atoms with Crippen LogP contribution < -0.4 is 16.6 Å². The molecule has 0 spiro atoms. The molecule has 33 heavy (non-hydrogen) atoms. The zero-order valence-corrected chi connectivity index (χ0v) is 17.7. The molecule has 2 aromatic carbocycles. The maximum absolute atomic E-state index is 14.0. The van der Waals surface area contributed by atoms with E-state index in [2.05, 4.69) is 5.32 Å². The SMILES string of the molecule is O=C(Cn1c(=O)n(Cc2ccco2)c(=O)c2sc3ccccc3c21)Nc1ccc(F)cc1F. The highest BCUT2D eigenvalue weighted by Gasteiger charge is 2.21. The molecule has 5 aromatic rings. The minimum absolute atomic E-state index is 0.108. The number of thiophene rings is 1. The molecular weight excluding hydrogens is 452 g/mol. The zero-order valence-electron chi connectivity index (χ0n) is 16.9. The van der Waals surface area contributed by atoms with Crippen molar-refractivity contribution in [3.63, 3.8) is 0 Å². The third-order valence-electron chi connectivity index (χ3n) is 5.14. The van der Waals surface area contributed by atoms with E-state index in [9.17, 15) is 23.2 Å². The summed E-state index contributed by atoms with van der Waals surface area (Å²) in [6.45, 7) is -0.589. The van der Waals surface area contributed by atoms with Crippen LogP contribution in [0.15, 0.2) is 74.9 Å². The Morgan fingerprint density at radius 1 is 1.03 bits per heavy atom. The monoisotopic (exact) mass is 467 g/mol. The third-order valence-corrected chi connectivity index (χ3v) is 6.29. The first-order chi connectivity index (χ1) is 15.9. The van der Waals surface area contributed by atoms with Crippen LogP contribution in [0.25, 0.3) is 20.3 Å². The number of halogens is 2. The van der Waals surface area contributed by atoms with Gasteiger partial charge in [0.1, 0.15) is 28.6 Å². The molecule has 5 rings (SSSR count). The third kappa shape index (κ3) is 3.74. The summed E-state index contributed by atoms with van der Waals surface area (Å²) in [5, 5.41) is 3.01. The smallest absolute Gasteiger partial charge is 0.332 e. The first kappa shape index (κ1) is 20.8. The number of anilines is 1. The van der Waals surface area contributed by atoms with Gasteiger partial charge < -0.3 is 9.73 Å². The summed E-state index contributed by atoms with van der Waals surface area (Å²) < 4.78 is 35.7. The molecule has 10 heteroatoms. The lowest BCUT2D eigenvalue weighted by Crippen LogP contribution is -2.41. The van der Waals surface area contributed by atoms with Gasteiger partial charge in [0, 0.05) is 16.2 Å². The van der Waals surface area contributed by atoms with Gasteiger partial charge in [-0.1, -0.05) is 18.2 Å². The Morgan fingerprint density at radius 3 is 2.61 bits per heavy atom. The number of aromatic nitrogens is 2. The van der Waals surface area contributed by atoms with Gasteiger partial charge >= 0.3 is 5.69 Å². The number of benzene rings is 2. The van der Waals surface area contributed by atoms with E-state index < -0.39 is 35.3 Å². The molecule has 0 aliphatic heterocycles. The fraction of sp³-hybridized carbons (Fsp3) is 0.0870. The normalized spacial score (nSPS) is 11.3. The molecular formula is C23H15F2N3O4S. The number of fused-ring (bicyclic) bond motifs is 3. The van der Waals surface area contributed by atoms with Gasteiger partial charge in [-0.2, -0.15) is 0 Å². The molecule has 166 valence electrons. The number of hydrogen-bond acceptors (Lipinski definition) is 5. The number of carbonyl (C=O) groups excluding carboxylic acids is 1. The Kier molecular flexibility index (Phi) is 5.14. The number of amides is 1. The van der Waals surface area contributed by atoms with Crippen molar-refractivity contribution in [3.05, 3.63) is 99.1 Å². The highest BCUT2D eigenvalue weighted by Crippen LogP contribution is 2.31. The number of nitrogens with zero attached hydrogens (tertiary/aromatic N) is 2. The van der Waals surface area contributed by atoms with Crippen LogP contribution in [-0.2, 0) is 17.9 Å². The first-order valence-electron chi connectivity index (χ1n) is 9.84. The minimum Gasteiger partial charge on any atom is -0.467 e. The minimum atomic E-state index is -0.940. The number of carbonyl (C=O) groups is 1. The maximum atomic E-state index is 14.0. The van der Waals surface area contributed by atoms with Crippen LogP contribution in [0.3, 0.4) is 0 Å². The Hall–Kier alpha value is -4.05. The second kappa shape index (κ2) is 8.14. The highest BCUT2D eigenvalue weighted by atomic mass is 32.1. The van der Waals surface area contributed by atoms with Crippen LogP contribution in [0.5, 0.6) is 0 Å². The number of rotatable bonds is 5. The molecule has 0 aliphatic rings. The molecule has 0 radical (unpaired) electrons. The van der Waals surface area contributed by atoms with Crippen molar-refractivity contribution >= 4 is 43.2 Å². The summed E-state index contributed by atoms with van der Waals surface area (Å²) in [5.41, 5.74) is -1.09. The molecule has 0 bridgehead atoms. The molecule has 7 nitrogen and oxygen atoms in total. The largest absolute Gasteiger partial charge is 0.467 e. The number of furan rings is 1. The number of hydrogen-bond donors (Lipinski definition) is 1. The van der Waals surface area contributed by atoms with E-state index in [1.54, 1.807) is 24.3 Å². The van der Waals surface area contributed by atoms with Gasteiger partial charge in [-0.3, -0.25) is 18.7 Å². The van der Waals surface area contributed by atoms with Gasteiger partial charge in [0.2, 0.25) is 5.91 Å². The van der Waals surface area contributed by atoms with E-state index in [0.717, 1.165) is 21.4 Å². The summed E-state index contributed by atoms with van der Waals surface area (Å²) in [6.07, 6.45) is 1.43. The molecule has 3 aromatic heterocycles. The first-order valence-corrected chi connectivity index (χ1v) is 10.7. The van der Waals surface area contributed by atoms with Crippen LogP contribution in [0.2, 0.25) is 0 Å². The molecule has 0 aliphatic carbocycles. The number of nitrogens with one attached hydrogen (secondary N) is 1. The molecule has 1 N–H and O–H groups in total. The van der Waals surface area contributed by atoms with Crippen LogP contribution in [0.1, 0.15) is 5.76 Å². The lowest BCUT2D eigenvalue weighted by atomic mass is 10.2. The summed E-state index contributed by atoms with van der Waals surface area (Å²) in [5.74, 6) is -2.02. The van der Waals surface area contributed by atoms with E-state index >= 15 is 0 Å². The van der Waals surface area contributed by atoms with Crippen molar-refractivity contribution in [1.82, 2.24) is 9.13 Å². The summed E-state index contributed by atoms with van der Waals surface area (Å²) >= 11 is 1.22. The van der Waals surface area contributed by atoms with Crippen LogP contribution in [0.4, 0.5) is 14.5 Å². The van der Waals surface area contributed by atoms with E-state index in [1.807, 2.05) is 12.1 Å². The molecule has 0 atom stereocenters. The van der Waals surface area contributed by atoms with Crippen molar-refractivity contribution < 1.29 is 18.0 Å². The van der Waals surface area contributed by atoms with Crippen LogP contribution in [0, 0.1) is 11.6 Å². The van der Waals surface area contributed by atoms with Gasteiger partial charge in [-0.15, -0.1) is 11.3 Å². The second-order valence-electron chi connectivity index (χ2n) is 7.29. The quantitative estimate of drug-likeness (QED) is 0.424. The molecule has 0 fully saturated rings. The topological polar surface area (TPSA) is 86.2 Å². The molecule has 0 saturated heterocycles. The average Bonchev–Trinajstić information content (AvgIpc) is 3.44. The Morgan fingerprint density at radius 2 is 1.85 bits per heavy atom. The van der Waals surface area contributed by atoms with Crippen LogP contribution >= 0.6 is 11.3 Å². The van der Waals surface area contributed by atoms with Crippen molar-refractivity contribution in [3.8, 4) is 0 Å². The summed E-state index contributed by atoms with van der Waals surface area (Å²) in [7, 11) is 0. The summed E-state index contributed by atoms with van der Waals surface area (Å²) in [6, 6.07) is 13.2. The van der Waals surface area contributed by atoms with Gasteiger partial charge in [-0.25, -0.2) is 13.6 Å². The lowest BCUT2D eigenvalue weighted by molar-refractivity contribution is -0.116. The van der Waals surface area contributed by atoms with Crippen molar-refractivity contribution in [1.29, 1.82) is 0 Å². The Labute approximate surface area is 188 Å². The van der Waals surface area contributed by atoms with Crippen LogP contribution in [-0.4, -0.2) is 15.0 Å². The van der Waals surface area contributed by atoms with E-state index in [4.69, 9.17) is 4.42 Å². The highest BCUT2D eigenvalue weighted by molar-refractivity contribution is 7.25. The fourth-order valence-electron chi connectivity index (χ4n) is 3.66. The second-order valence-corrected chi connectivity index (χ2v) is 8.34. The van der Waals surface area contributed by atoms with Gasteiger partial charge in [0.25, 0.3) is 5.56 Å². The summed E-state index contributed by atoms with van der Waals surface area (Å²) in [4.78, 5) is 39.3. The maximum Gasteiger partial charge on any atom is 0.332 e. The van der Waals surface area contributed by atoms with Gasteiger partial charge in [-0.05, 0) is 30.3 Å². The Balaban J connectivity index is 1.65. The van der Waals surface area contributed by atoms with Crippen molar-refractivity contribution in [2.45, 2.75) is 13.1 Å².